The number of carbonyl (C=O) groups is 1. The normalized spacial score (nSPS) is 10.9. The van der Waals surface area contributed by atoms with E-state index in [1.165, 1.54) is 18.2 Å². The van der Waals surface area contributed by atoms with Crippen LogP contribution in [0.2, 0.25) is 5.02 Å². The molecule has 3 rings (SSSR count). The number of aryl methyl sites for hydroxylation is 1. The molecule has 0 fully saturated rings. The number of benzene rings is 3. The Kier molecular flexibility index (Phi) is 8.06. The molecular formula is C26H22ClFN2O3. The number of ether oxygens (including phenoxy) is 2. The Morgan fingerprint density at radius 3 is 2.55 bits per heavy atom. The Balaban J connectivity index is 1.79. The molecule has 33 heavy (non-hydrogen) atoms. The molecule has 3 aromatic rings. The number of hydrogen-bond acceptors (Lipinski definition) is 4. The van der Waals surface area contributed by atoms with Crippen LogP contribution in [-0.4, -0.2) is 12.5 Å². The number of nitrogens with zero attached hydrogens (tertiary/aromatic N) is 1. The summed E-state index contributed by atoms with van der Waals surface area (Å²) in [7, 11) is 0. The fourth-order valence-corrected chi connectivity index (χ4v) is 3.15. The molecule has 7 heteroatoms. The highest BCUT2D eigenvalue weighted by molar-refractivity contribution is 6.31. The molecule has 1 amide bonds. The third-order valence-corrected chi connectivity index (χ3v) is 4.93. The van der Waals surface area contributed by atoms with Crippen molar-refractivity contribution in [3.8, 4) is 17.6 Å². The van der Waals surface area contributed by atoms with Crippen LogP contribution in [0.25, 0.3) is 6.08 Å². The molecule has 0 saturated carbocycles. The van der Waals surface area contributed by atoms with Gasteiger partial charge < -0.3 is 14.8 Å². The minimum absolute atomic E-state index is 0.0724. The summed E-state index contributed by atoms with van der Waals surface area (Å²) in [4.78, 5) is 12.6. The van der Waals surface area contributed by atoms with E-state index in [1.54, 1.807) is 48.5 Å². The molecular weight excluding hydrogens is 443 g/mol. The van der Waals surface area contributed by atoms with Crippen LogP contribution in [0.5, 0.6) is 11.5 Å². The molecule has 0 bridgehead atoms. The van der Waals surface area contributed by atoms with Gasteiger partial charge in [0.1, 0.15) is 24.1 Å². The molecule has 0 aliphatic rings. The molecule has 0 spiro atoms. The molecule has 0 aliphatic carbocycles. The summed E-state index contributed by atoms with van der Waals surface area (Å²) >= 11 is 6.00. The molecule has 3 aromatic carbocycles. The van der Waals surface area contributed by atoms with Crippen LogP contribution >= 0.6 is 11.6 Å². The van der Waals surface area contributed by atoms with Gasteiger partial charge in [-0.3, -0.25) is 4.79 Å². The quantitative estimate of drug-likeness (QED) is 0.313. The van der Waals surface area contributed by atoms with E-state index in [9.17, 15) is 14.4 Å². The summed E-state index contributed by atoms with van der Waals surface area (Å²) in [5.41, 5.74) is 2.70. The number of anilines is 1. The second kappa shape index (κ2) is 11.2. The topological polar surface area (TPSA) is 71.3 Å². The van der Waals surface area contributed by atoms with E-state index in [-0.39, 0.29) is 18.0 Å². The zero-order valence-electron chi connectivity index (χ0n) is 18.2. The number of nitrogens with one attached hydrogen (secondary N) is 1. The summed E-state index contributed by atoms with van der Waals surface area (Å²) < 4.78 is 24.6. The van der Waals surface area contributed by atoms with Crippen molar-refractivity contribution in [2.45, 2.75) is 20.5 Å². The van der Waals surface area contributed by atoms with Crippen LogP contribution in [0.4, 0.5) is 10.1 Å². The summed E-state index contributed by atoms with van der Waals surface area (Å²) in [5.74, 6) is 0.109. The van der Waals surface area contributed by atoms with Crippen LogP contribution in [0.3, 0.4) is 0 Å². The van der Waals surface area contributed by atoms with Crippen molar-refractivity contribution < 1.29 is 18.7 Å². The summed E-state index contributed by atoms with van der Waals surface area (Å²) in [6, 6.07) is 18.2. The van der Waals surface area contributed by atoms with E-state index in [2.05, 4.69) is 5.32 Å². The summed E-state index contributed by atoms with van der Waals surface area (Å²) in [6.45, 7) is 4.31. The predicted octanol–water partition coefficient (Wildman–Crippen LogP) is 6.31. The van der Waals surface area contributed by atoms with E-state index in [0.29, 0.717) is 34.4 Å². The maximum absolute atomic E-state index is 13.1. The highest BCUT2D eigenvalue weighted by Gasteiger charge is 2.13. The van der Waals surface area contributed by atoms with Crippen molar-refractivity contribution in [2.75, 3.05) is 11.9 Å². The van der Waals surface area contributed by atoms with Gasteiger partial charge in [-0.25, -0.2) is 4.39 Å². The lowest BCUT2D eigenvalue weighted by atomic mass is 10.1. The smallest absolute Gasteiger partial charge is 0.266 e. The Labute approximate surface area is 197 Å². The van der Waals surface area contributed by atoms with Crippen molar-refractivity contribution in [2.24, 2.45) is 0 Å². The van der Waals surface area contributed by atoms with Crippen molar-refractivity contribution in [3.63, 3.8) is 0 Å². The second-order valence-electron chi connectivity index (χ2n) is 7.14. The van der Waals surface area contributed by atoms with Gasteiger partial charge in [-0.2, -0.15) is 5.26 Å². The average Bonchev–Trinajstić information content (AvgIpc) is 2.80. The lowest BCUT2D eigenvalue weighted by Gasteiger charge is -2.13. The van der Waals surface area contributed by atoms with Gasteiger partial charge in [-0.15, -0.1) is 0 Å². The van der Waals surface area contributed by atoms with Gasteiger partial charge in [-0.05, 0) is 73.0 Å². The van der Waals surface area contributed by atoms with Gasteiger partial charge in [0.25, 0.3) is 5.91 Å². The first-order chi connectivity index (χ1) is 15.9. The first kappa shape index (κ1) is 23.8. The van der Waals surface area contributed by atoms with Crippen molar-refractivity contribution in [1.29, 1.82) is 5.26 Å². The summed E-state index contributed by atoms with van der Waals surface area (Å²) in [5, 5.41) is 12.7. The summed E-state index contributed by atoms with van der Waals surface area (Å²) in [6.07, 6.45) is 1.47. The van der Waals surface area contributed by atoms with Gasteiger partial charge in [0.2, 0.25) is 0 Å². The van der Waals surface area contributed by atoms with Crippen molar-refractivity contribution in [3.05, 3.63) is 93.8 Å². The highest BCUT2D eigenvalue weighted by atomic mass is 35.5. The maximum Gasteiger partial charge on any atom is 0.266 e. The highest BCUT2D eigenvalue weighted by Crippen LogP contribution is 2.30. The predicted molar refractivity (Wildman–Crippen MR) is 127 cm³/mol. The Morgan fingerprint density at radius 2 is 1.85 bits per heavy atom. The van der Waals surface area contributed by atoms with Crippen molar-refractivity contribution >= 4 is 29.3 Å². The second-order valence-corrected chi connectivity index (χ2v) is 7.57. The minimum atomic E-state index is -0.544. The molecule has 0 aliphatic heterocycles. The van der Waals surface area contributed by atoms with E-state index in [4.69, 9.17) is 21.1 Å². The zero-order chi connectivity index (χ0) is 23.8. The average molecular weight is 465 g/mol. The number of amides is 1. The maximum atomic E-state index is 13.1. The van der Waals surface area contributed by atoms with Crippen LogP contribution in [0.15, 0.2) is 66.2 Å². The fraction of sp³-hybridized carbons (Fsp3) is 0.154. The minimum Gasteiger partial charge on any atom is -0.490 e. The number of halogens is 2. The van der Waals surface area contributed by atoms with Crippen LogP contribution in [0, 0.1) is 24.1 Å². The van der Waals surface area contributed by atoms with Gasteiger partial charge >= 0.3 is 0 Å². The van der Waals surface area contributed by atoms with Crippen LogP contribution < -0.4 is 14.8 Å². The number of rotatable bonds is 8. The fourth-order valence-electron chi connectivity index (χ4n) is 2.98. The third kappa shape index (κ3) is 6.58. The molecule has 0 radical (unpaired) electrons. The number of carbonyl (C=O) groups excluding carboxylic acids is 1. The van der Waals surface area contributed by atoms with Gasteiger partial charge in [0.05, 0.1) is 6.61 Å². The lowest BCUT2D eigenvalue weighted by molar-refractivity contribution is -0.112. The van der Waals surface area contributed by atoms with Crippen LogP contribution in [-0.2, 0) is 11.4 Å². The van der Waals surface area contributed by atoms with Crippen LogP contribution in [0.1, 0.15) is 23.6 Å². The molecule has 0 saturated heterocycles. The molecule has 0 aromatic heterocycles. The molecule has 5 nitrogen and oxygen atoms in total. The molecule has 0 heterocycles. The van der Waals surface area contributed by atoms with Gasteiger partial charge in [0, 0.05) is 10.7 Å². The number of nitriles is 1. The molecule has 168 valence electrons. The zero-order valence-corrected chi connectivity index (χ0v) is 18.9. The standard InChI is InChI=1S/C26H22ClFN2O3/c1-3-32-25-13-19(7-11-24(25)33-16-18-5-9-22(28)10-6-18)12-20(15-29)26(31)30-23-14-21(27)8-4-17(23)2/h4-14H,3,16H2,1-2H3,(H,30,31)/b20-12+. The SMILES string of the molecule is CCOc1cc(/C=C(\C#N)C(=O)Nc2cc(Cl)ccc2C)ccc1OCc1ccc(F)cc1. The molecule has 0 atom stereocenters. The van der Waals surface area contributed by atoms with E-state index in [0.717, 1.165) is 11.1 Å². The first-order valence-corrected chi connectivity index (χ1v) is 10.6. The van der Waals surface area contributed by atoms with Crippen molar-refractivity contribution in [1.82, 2.24) is 0 Å². The van der Waals surface area contributed by atoms with E-state index < -0.39 is 5.91 Å². The number of hydrogen-bond donors (Lipinski definition) is 1. The molecule has 0 unspecified atom stereocenters. The van der Waals surface area contributed by atoms with E-state index >= 15 is 0 Å². The van der Waals surface area contributed by atoms with Gasteiger partial charge in [0.15, 0.2) is 11.5 Å². The monoisotopic (exact) mass is 464 g/mol. The van der Waals surface area contributed by atoms with E-state index in [1.807, 2.05) is 19.9 Å². The third-order valence-electron chi connectivity index (χ3n) is 4.70. The first-order valence-electron chi connectivity index (χ1n) is 10.2. The molecule has 1 N–H and O–H groups in total. The Morgan fingerprint density at radius 1 is 1.09 bits per heavy atom. The van der Waals surface area contributed by atoms with Gasteiger partial charge in [-0.1, -0.05) is 35.9 Å². The lowest BCUT2D eigenvalue weighted by Crippen LogP contribution is -2.14. The Bertz CT molecular complexity index is 1220. The largest absolute Gasteiger partial charge is 0.490 e. The Hall–Kier alpha value is -3.82.